The van der Waals surface area contributed by atoms with Crippen LogP contribution in [0.25, 0.3) is 5.69 Å². The molecule has 1 aromatic heterocycles. The van der Waals surface area contributed by atoms with Crippen LogP contribution in [-0.2, 0) is 27.4 Å². The molecular formula is C18H13ClF4N4O3S. The lowest BCUT2D eigenvalue weighted by molar-refractivity contribution is -0.137. The summed E-state index contributed by atoms with van der Waals surface area (Å²) in [5, 5.41) is 10.6. The highest BCUT2D eigenvalue weighted by Crippen LogP contribution is 2.36. The predicted octanol–water partition coefficient (Wildman–Crippen LogP) is 3.51. The van der Waals surface area contributed by atoms with Crippen LogP contribution in [-0.4, -0.2) is 24.1 Å². The SMILES string of the molecule is NS(=O)(=O)c1cc(NC(=O)Cc2cccc(C(F)(F)F)c2Cl)ccc1-n1cc(F)cn1. The fourth-order valence-corrected chi connectivity index (χ4v) is 3.80. The van der Waals surface area contributed by atoms with E-state index in [0.29, 0.717) is 0 Å². The van der Waals surface area contributed by atoms with E-state index >= 15 is 0 Å². The molecule has 7 nitrogen and oxygen atoms in total. The number of nitrogens with zero attached hydrogens (tertiary/aromatic N) is 2. The van der Waals surface area contributed by atoms with E-state index in [-0.39, 0.29) is 16.9 Å². The molecular weight excluding hydrogens is 464 g/mol. The third-order valence-electron chi connectivity index (χ3n) is 4.08. The maximum atomic E-state index is 13.2. The van der Waals surface area contributed by atoms with Crippen molar-refractivity contribution in [1.29, 1.82) is 0 Å². The van der Waals surface area contributed by atoms with Crippen LogP contribution in [0.15, 0.2) is 53.7 Å². The van der Waals surface area contributed by atoms with Gasteiger partial charge in [0.1, 0.15) is 4.90 Å². The Morgan fingerprint density at radius 3 is 2.52 bits per heavy atom. The third-order valence-corrected chi connectivity index (χ3v) is 5.47. The van der Waals surface area contributed by atoms with E-state index in [1.165, 1.54) is 18.2 Å². The molecule has 0 saturated heterocycles. The summed E-state index contributed by atoms with van der Waals surface area (Å²) in [6.45, 7) is 0. The second kappa shape index (κ2) is 8.29. The maximum Gasteiger partial charge on any atom is 0.417 e. The molecule has 13 heteroatoms. The largest absolute Gasteiger partial charge is 0.417 e. The van der Waals surface area contributed by atoms with Crippen LogP contribution in [0.5, 0.6) is 0 Å². The Balaban J connectivity index is 1.88. The number of primary sulfonamides is 1. The number of carbonyl (C=O) groups excluding carboxylic acids is 1. The summed E-state index contributed by atoms with van der Waals surface area (Å²) in [7, 11) is -4.30. The number of halogens is 5. The minimum absolute atomic E-state index is 0.00602. The Morgan fingerprint density at radius 2 is 1.94 bits per heavy atom. The molecule has 3 aromatic rings. The summed E-state index contributed by atoms with van der Waals surface area (Å²) in [5.74, 6) is -1.46. The van der Waals surface area contributed by atoms with Gasteiger partial charge in [0, 0.05) is 5.69 Å². The van der Waals surface area contributed by atoms with E-state index in [2.05, 4.69) is 10.4 Å². The van der Waals surface area contributed by atoms with E-state index in [1.54, 1.807) is 0 Å². The summed E-state index contributed by atoms with van der Waals surface area (Å²) in [4.78, 5) is 11.9. The molecule has 1 amide bonds. The number of rotatable bonds is 5. The second-order valence-corrected chi connectivity index (χ2v) is 8.24. The minimum atomic E-state index is -4.68. The van der Waals surface area contributed by atoms with E-state index in [4.69, 9.17) is 16.7 Å². The first kappa shape index (κ1) is 22.7. The van der Waals surface area contributed by atoms with Gasteiger partial charge in [-0.3, -0.25) is 4.79 Å². The number of hydrogen-bond acceptors (Lipinski definition) is 4. The molecule has 0 bridgehead atoms. The molecule has 0 unspecified atom stereocenters. The van der Waals surface area contributed by atoms with E-state index < -0.39 is 49.8 Å². The molecule has 1 heterocycles. The lowest BCUT2D eigenvalue weighted by atomic mass is 10.1. The molecule has 0 fully saturated rings. The van der Waals surface area contributed by atoms with Gasteiger partial charge in [0.05, 0.1) is 35.1 Å². The number of nitrogens with two attached hydrogens (primary N) is 1. The summed E-state index contributed by atoms with van der Waals surface area (Å²) >= 11 is 5.78. The van der Waals surface area contributed by atoms with Crippen molar-refractivity contribution in [2.24, 2.45) is 5.14 Å². The van der Waals surface area contributed by atoms with Crippen LogP contribution >= 0.6 is 11.6 Å². The van der Waals surface area contributed by atoms with Gasteiger partial charge in [0.2, 0.25) is 15.9 Å². The van der Waals surface area contributed by atoms with Crippen molar-refractivity contribution in [3.8, 4) is 5.69 Å². The highest BCUT2D eigenvalue weighted by molar-refractivity contribution is 7.89. The van der Waals surface area contributed by atoms with Crippen LogP contribution in [0.1, 0.15) is 11.1 Å². The summed E-state index contributed by atoms with van der Waals surface area (Å²) in [6, 6.07) is 6.74. The zero-order valence-corrected chi connectivity index (χ0v) is 16.9. The summed E-state index contributed by atoms with van der Waals surface area (Å²) in [5.41, 5.74) is -1.21. The van der Waals surface area contributed by atoms with E-state index in [9.17, 15) is 30.8 Å². The average molecular weight is 477 g/mol. The fourth-order valence-electron chi connectivity index (χ4n) is 2.76. The first-order valence-electron chi connectivity index (χ1n) is 8.38. The van der Waals surface area contributed by atoms with Crippen molar-refractivity contribution in [3.63, 3.8) is 0 Å². The fraction of sp³-hybridized carbons (Fsp3) is 0.111. The first-order chi connectivity index (χ1) is 14.4. The lowest BCUT2D eigenvalue weighted by Crippen LogP contribution is -2.18. The lowest BCUT2D eigenvalue weighted by Gasteiger charge is -2.13. The number of carbonyl (C=O) groups is 1. The molecule has 0 atom stereocenters. The summed E-state index contributed by atoms with van der Waals surface area (Å²) < 4.78 is 77.0. The van der Waals surface area contributed by atoms with E-state index in [1.807, 2.05) is 0 Å². The van der Waals surface area contributed by atoms with Crippen LogP contribution in [0.3, 0.4) is 0 Å². The van der Waals surface area contributed by atoms with Crippen molar-refractivity contribution < 1.29 is 30.8 Å². The number of amides is 1. The van der Waals surface area contributed by atoms with Gasteiger partial charge in [-0.1, -0.05) is 23.7 Å². The van der Waals surface area contributed by atoms with Crippen molar-refractivity contribution in [2.45, 2.75) is 17.5 Å². The Hall–Kier alpha value is -2.96. The number of benzene rings is 2. The first-order valence-corrected chi connectivity index (χ1v) is 10.3. The van der Waals surface area contributed by atoms with Gasteiger partial charge in [0.15, 0.2) is 5.82 Å². The van der Waals surface area contributed by atoms with Crippen molar-refractivity contribution >= 4 is 33.2 Å². The normalized spacial score (nSPS) is 12.1. The Bertz CT molecular complexity index is 1260. The number of hydrogen-bond donors (Lipinski definition) is 2. The van der Waals surface area contributed by atoms with Gasteiger partial charge in [-0.15, -0.1) is 0 Å². The Morgan fingerprint density at radius 1 is 1.23 bits per heavy atom. The quantitative estimate of drug-likeness (QED) is 0.549. The second-order valence-electron chi connectivity index (χ2n) is 6.33. The highest BCUT2D eigenvalue weighted by atomic mass is 35.5. The molecule has 3 N–H and O–H groups in total. The van der Waals surface area contributed by atoms with Gasteiger partial charge in [-0.2, -0.15) is 18.3 Å². The average Bonchev–Trinajstić information content (AvgIpc) is 3.08. The minimum Gasteiger partial charge on any atom is -0.326 e. The van der Waals surface area contributed by atoms with E-state index in [0.717, 1.165) is 35.3 Å². The molecule has 164 valence electrons. The maximum absolute atomic E-state index is 13.2. The third kappa shape index (κ3) is 5.21. The number of sulfonamides is 1. The molecule has 0 aliphatic heterocycles. The molecule has 0 spiro atoms. The van der Waals surface area contributed by atoms with Gasteiger partial charge < -0.3 is 5.32 Å². The van der Waals surface area contributed by atoms with Gasteiger partial charge in [0.25, 0.3) is 0 Å². The van der Waals surface area contributed by atoms with Crippen LogP contribution < -0.4 is 10.5 Å². The van der Waals surface area contributed by atoms with Crippen LogP contribution in [0, 0.1) is 5.82 Å². The predicted molar refractivity (Wildman–Crippen MR) is 104 cm³/mol. The van der Waals surface area contributed by atoms with Crippen molar-refractivity contribution in [2.75, 3.05) is 5.32 Å². The Labute approximate surface area is 178 Å². The highest BCUT2D eigenvalue weighted by Gasteiger charge is 2.34. The smallest absolute Gasteiger partial charge is 0.326 e. The zero-order valence-electron chi connectivity index (χ0n) is 15.3. The monoisotopic (exact) mass is 476 g/mol. The topological polar surface area (TPSA) is 107 Å². The zero-order chi connectivity index (χ0) is 23.0. The summed E-state index contributed by atoms with van der Waals surface area (Å²) in [6.07, 6.45) is -3.39. The Kier molecular flexibility index (Phi) is 6.07. The molecule has 0 saturated carbocycles. The number of nitrogens with one attached hydrogen (secondary N) is 1. The van der Waals surface area contributed by atoms with Gasteiger partial charge in [-0.05, 0) is 29.8 Å². The van der Waals surface area contributed by atoms with Crippen LogP contribution in [0.4, 0.5) is 23.2 Å². The standard InChI is InChI=1S/C18H13ClF4N4O3S/c19-17-10(2-1-3-13(17)18(21,22)23)6-16(28)26-12-4-5-14(15(7-12)31(24,29)30)27-9-11(20)8-25-27/h1-5,7-9H,6H2,(H,26,28)(H2,24,29,30). The number of anilines is 1. The number of aromatic nitrogens is 2. The molecule has 0 radical (unpaired) electrons. The van der Waals surface area contributed by atoms with Gasteiger partial charge >= 0.3 is 6.18 Å². The molecule has 2 aromatic carbocycles. The molecule has 31 heavy (non-hydrogen) atoms. The van der Waals surface area contributed by atoms with Crippen molar-refractivity contribution in [1.82, 2.24) is 9.78 Å². The molecule has 3 rings (SSSR count). The number of alkyl halides is 3. The molecule has 0 aliphatic carbocycles. The van der Waals surface area contributed by atoms with Gasteiger partial charge in [-0.25, -0.2) is 22.6 Å². The van der Waals surface area contributed by atoms with Crippen LogP contribution in [0.2, 0.25) is 5.02 Å². The van der Waals surface area contributed by atoms with Crippen molar-refractivity contribution in [3.05, 3.63) is 70.8 Å². The molecule has 0 aliphatic rings.